The first-order valence-corrected chi connectivity index (χ1v) is 6.72. The smallest absolute Gasteiger partial charge is 0.257 e. The van der Waals surface area contributed by atoms with Crippen molar-refractivity contribution in [2.45, 2.75) is 24.8 Å². The number of imidazole rings is 1. The summed E-state index contributed by atoms with van der Waals surface area (Å²) in [6, 6.07) is 0. The number of nitrogens with one attached hydrogen (secondary N) is 2. The van der Waals surface area contributed by atoms with E-state index in [9.17, 15) is 8.42 Å². The molecule has 1 aromatic rings. The number of aromatic nitrogens is 2. The molecule has 92 valence electrons. The predicted octanol–water partition coefficient (Wildman–Crippen LogP) is 0.0630. The lowest BCUT2D eigenvalue weighted by atomic mass is 10.1. The fourth-order valence-corrected chi connectivity index (χ4v) is 2.22. The first kappa shape index (κ1) is 13.1. The van der Waals surface area contributed by atoms with Gasteiger partial charge in [-0.05, 0) is 25.3 Å². The average Bonchev–Trinajstić information content (AvgIpc) is 2.78. The number of aromatic amines is 1. The van der Waals surface area contributed by atoms with Gasteiger partial charge in [0.05, 0.1) is 12.5 Å². The Hall–Kier alpha value is -0.920. The lowest BCUT2D eigenvalue weighted by molar-refractivity contribution is 0.513. The summed E-state index contributed by atoms with van der Waals surface area (Å²) >= 11 is 0. The van der Waals surface area contributed by atoms with E-state index in [4.69, 9.17) is 5.73 Å². The number of hydrogen-bond donors (Lipinski definition) is 3. The Balaban J connectivity index is 2.33. The van der Waals surface area contributed by atoms with E-state index in [0.29, 0.717) is 19.0 Å². The third kappa shape index (κ3) is 3.92. The largest absolute Gasteiger partial charge is 0.335 e. The number of sulfonamides is 1. The summed E-state index contributed by atoms with van der Waals surface area (Å²) in [6.07, 6.45) is 4.32. The molecule has 1 heterocycles. The maximum absolute atomic E-state index is 11.6. The van der Waals surface area contributed by atoms with Crippen LogP contribution in [0, 0.1) is 5.92 Å². The Kier molecular flexibility index (Phi) is 4.91. The van der Waals surface area contributed by atoms with E-state index in [0.717, 1.165) is 12.8 Å². The molecule has 0 amide bonds. The van der Waals surface area contributed by atoms with Crippen LogP contribution in [0.2, 0.25) is 0 Å². The fourth-order valence-electron chi connectivity index (χ4n) is 1.24. The van der Waals surface area contributed by atoms with Gasteiger partial charge in [-0.15, -0.1) is 0 Å². The molecule has 0 aliphatic carbocycles. The van der Waals surface area contributed by atoms with Crippen molar-refractivity contribution in [1.82, 2.24) is 14.7 Å². The molecule has 0 radical (unpaired) electrons. The van der Waals surface area contributed by atoms with E-state index in [2.05, 4.69) is 14.7 Å². The molecule has 0 aliphatic heterocycles. The van der Waals surface area contributed by atoms with E-state index in [1.54, 1.807) is 0 Å². The van der Waals surface area contributed by atoms with Crippen molar-refractivity contribution >= 4 is 10.0 Å². The average molecular weight is 246 g/mol. The van der Waals surface area contributed by atoms with Crippen molar-refractivity contribution in [3.05, 3.63) is 12.5 Å². The van der Waals surface area contributed by atoms with Gasteiger partial charge in [0.15, 0.2) is 5.03 Å². The lowest BCUT2D eigenvalue weighted by Gasteiger charge is -2.08. The van der Waals surface area contributed by atoms with Crippen LogP contribution in [0.4, 0.5) is 0 Å². The molecule has 6 nitrogen and oxygen atoms in total. The van der Waals surface area contributed by atoms with Crippen molar-refractivity contribution in [2.75, 3.05) is 13.1 Å². The summed E-state index contributed by atoms with van der Waals surface area (Å²) in [5, 5.41) is 0.0966. The standard InChI is InChI=1S/C9H18N4O2S/c1-8(5-10)3-2-4-13-16(14,15)9-6-11-7-12-9/h6-8,13H,2-5,10H2,1H3,(H,11,12). The number of hydrogen-bond acceptors (Lipinski definition) is 4. The van der Waals surface area contributed by atoms with Gasteiger partial charge in [0.25, 0.3) is 10.0 Å². The van der Waals surface area contributed by atoms with Gasteiger partial charge in [0.1, 0.15) is 0 Å². The van der Waals surface area contributed by atoms with E-state index < -0.39 is 10.0 Å². The maximum Gasteiger partial charge on any atom is 0.257 e. The Bertz CT molecular complexity index is 388. The van der Waals surface area contributed by atoms with Gasteiger partial charge in [0, 0.05) is 6.54 Å². The van der Waals surface area contributed by atoms with Crippen LogP contribution in [0.3, 0.4) is 0 Å². The van der Waals surface area contributed by atoms with Gasteiger partial charge in [-0.1, -0.05) is 6.92 Å². The van der Waals surface area contributed by atoms with Crippen molar-refractivity contribution < 1.29 is 8.42 Å². The SMILES string of the molecule is CC(CN)CCCNS(=O)(=O)c1cnc[nH]1. The second-order valence-corrected chi connectivity index (χ2v) is 5.53. The van der Waals surface area contributed by atoms with Crippen molar-refractivity contribution in [2.24, 2.45) is 11.7 Å². The molecule has 1 atom stereocenters. The minimum Gasteiger partial charge on any atom is -0.335 e. The first-order valence-electron chi connectivity index (χ1n) is 5.24. The highest BCUT2D eigenvalue weighted by atomic mass is 32.2. The van der Waals surface area contributed by atoms with E-state index in [1.807, 2.05) is 6.92 Å². The Morgan fingerprint density at radius 2 is 2.38 bits per heavy atom. The third-order valence-electron chi connectivity index (χ3n) is 2.33. The van der Waals surface area contributed by atoms with Crippen LogP contribution in [0.15, 0.2) is 17.6 Å². The van der Waals surface area contributed by atoms with Crippen molar-refractivity contribution in [1.29, 1.82) is 0 Å². The molecule has 0 aliphatic rings. The molecule has 4 N–H and O–H groups in total. The van der Waals surface area contributed by atoms with Crippen LogP contribution >= 0.6 is 0 Å². The summed E-state index contributed by atoms with van der Waals surface area (Å²) in [6.45, 7) is 3.10. The summed E-state index contributed by atoms with van der Waals surface area (Å²) in [5.41, 5.74) is 5.47. The zero-order chi connectivity index (χ0) is 12.0. The zero-order valence-corrected chi connectivity index (χ0v) is 10.1. The lowest BCUT2D eigenvalue weighted by Crippen LogP contribution is -2.25. The molecule has 0 saturated heterocycles. The molecule has 16 heavy (non-hydrogen) atoms. The number of rotatable bonds is 7. The quantitative estimate of drug-likeness (QED) is 0.592. The van der Waals surface area contributed by atoms with Crippen LogP contribution in [0.1, 0.15) is 19.8 Å². The fraction of sp³-hybridized carbons (Fsp3) is 0.667. The molecule has 1 unspecified atom stereocenters. The highest BCUT2D eigenvalue weighted by Crippen LogP contribution is 2.04. The number of nitrogens with zero attached hydrogens (tertiary/aromatic N) is 1. The van der Waals surface area contributed by atoms with Crippen LogP contribution in [-0.2, 0) is 10.0 Å². The third-order valence-corrected chi connectivity index (χ3v) is 3.72. The highest BCUT2D eigenvalue weighted by molar-refractivity contribution is 7.89. The summed E-state index contributed by atoms with van der Waals surface area (Å²) in [4.78, 5) is 6.22. The van der Waals surface area contributed by atoms with Crippen molar-refractivity contribution in [3.63, 3.8) is 0 Å². The minimum absolute atomic E-state index is 0.0966. The minimum atomic E-state index is -3.42. The molecule has 0 fully saturated rings. The van der Waals surface area contributed by atoms with Gasteiger partial charge in [0.2, 0.25) is 0 Å². The molecular formula is C9H18N4O2S. The molecule has 0 aromatic carbocycles. The molecule has 0 bridgehead atoms. The summed E-state index contributed by atoms with van der Waals surface area (Å²) in [7, 11) is -3.42. The second-order valence-electron chi connectivity index (χ2n) is 3.80. The predicted molar refractivity (Wildman–Crippen MR) is 61.2 cm³/mol. The Labute approximate surface area is 95.7 Å². The topological polar surface area (TPSA) is 101 Å². The monoisotopic (exact) mass is 246 g/mol. The van der Waals surface area contributed by atoms with Gasteiger partial charge in [-0.25, -0.2) is 18.1 Å². The molecule has 1 aromatic heterocycles. The summed E-state index contributed by atoms with van der Waals surface area (Å²) < 4.78 is 25.7. The second kappa shape index (κ2) is 5.97. The molecule has 7 heteroatoms. The number of nitrogens with two attached hydrogens (primary N) is 1. The van der Waals surface area contributed by atoms with E-state index in [1.165, 1.54) is 12.5 Å². The van der Waals surface area contributed by atoms with Gasteiger partial charge >= 0.3 is 0 Å². The van der Waals surface area contributed by atoms with Crippen LogP contribution < -0.4 is 10.5 Å². The zero-order valence-electron chi connectivity index (χ0n) is 9.31. The molecule has 1 rings (SSSR count). The van der Waals surface area contributed by atoms with Crippen LogP contribution in [-0.4, -0.2) is 31.5 Å². The Morgan fingerprint density at radius 1 is 1.62 bits per heavy atom. The van der Waals surface area contributed by atoms with Crippen molar-refractivity contribution in [3.8, 4) is 0 Å². The van der Waals surface area contributed by atoms with Crippen LogP contribution in [0.25, 0.3) is 0 Å². The molecule has 0 saturated carbocycles. The van der Waals surface area contributed by atoms with E-state index in [-0.39, 0.29) is 5.03 Å². The van der Waals surface area contributed by atoms with Gasteiger partial charge in [-0.3, -0.25) is 0 Å². The van der Waals surface area contributed by atoms with E-state index >= 15 is 0 Å². The highest BCUT2D eigenvalue weighted by Gasteiger charge is 2.14. The molecular weight excluding hydrogens is 228 g/mol. The normalized spacial score (nSPS) is 13.9. The van der Waals surface area contributed by atoms with Gasteiger partial charge in [-0.2, -0.15) is 0 Å². The Morgan fingerprint density at radius 3 is 2.94 bits per heavy atom. The maximum atomic E-state index is 11.6. The van der Waals surface area contributed by atoms with Gasteiger partial charge < -0.3 is 10.7 Å². The molecule has 0 spiro atoms. The first-order chi connectivity index (χ1) is 7.56. The summed E-state index contributed by atoms with van der Waals surface area (Å²) in [5.74, 6) is 0.427. The number of H-pyrrole nitrogens is 1. The van der Waals surface area contributed by atoms with Crippen LogP contribution in [0.5, 0.6) is 0 Å².